The Labute approximate surface area is 95.5 Å². The molecule has 90 valence electrons. The first-order valence-corrected chi connectivity index (χ1v) is 8.49. The molecule has 0 fully saturated rings. The highest BCUT2D eigenvalue weighted by atomic mass is 28.4. The van der Waals surface area contributed by atoms with Crippen LogP contribution in [0.2, 0.25) is 18.1 Å². The summed E-state index contributed by atoms with van der Waals surface area (Å²) in [5.74, 6) is 0. The van der Waals surface area contributed by atoms with Gasteiger partial charge in [0.05, 0.1) is 6.10 Å². The van der Waals surface area contributed by atoms with Crippen LogP contribution in [0.25, 0.3) is 0 Å². The molecule has 3 heteroatoms. The first-order valence-electron chi connectivity index (χ1n) is 5.58. The molecule has 0 aliphatic rings. The lowest BCUT2D eigenvalue weighted by Gasteiger charge is -2.38. The fourth-order valence-electron chi connectivity index (χ4n) is 1.16. The summed E-state index contributed by atoms with van der Waals surface area (Å²) in [6.45, 7) is 16.7. The lowest BCUT2D eigenvalue weighted by atomic mass is 10.2. The van der Waals surface area contributed by atoms with Crippen LogP contribution in [0.5, 0.6) is 0 Å². The lowest BCUT2D eigenvalue weighted by molar-refractivity contribution is 0.122. The molecule has 1 unspecified atom stereocenters. The summed E-state index contributed by atoms with van der Waals surface area (Å²) in [6, 6.07) is 0. The van der Waals surface area contributed by atoms with Gasteiger partial charge in [-0.1, -0.05) is 26.8 Å². The Balaban J connectivity index is 4.28. The maximum atomic E-state index is 9.45. The van der Waals surface area contributed by atoms with Gasteiger partial charge in [0.1, 0.15) is 0 Å². The maximum Gasteiger partial charge on any atom is 0.192 e. The number of aliphatic hydroxyl groups is 1. The summed E-state index contributed by atoms with van der Waals surface area (Å²) in [4.78, 5) is 0. The minimum Gasteiger partial charge on any atom is -0.414 e. The fraction of sp³-hybridized carbons (Fsp3) is 0.833. The van der Waals surface area contributed by atoms with Crippen LogP contribution >= 0.6 is 0 Å². The van der Waals surface area contributed by atoms with Crippen LogP contribution in [0.15, 0.2) is 12.7 Å². The van der Waals surface area contributed by atoms with E-state index in [0.29, 0.717) is 6.42 Å². The van der Waals surface area contributed by atoms with Gasteiger partial charge in [0.25, 0.3) is 0 Å². The number of hydrogen-bond donors (Lipinski definition) is 1. The van der Waals surface area contributed by atoms with Crippen LogP contribution in [0.3, 0.4) is 0 Å². The average molecular weight is 230 g/mol. The Kier molecular flexibility index (Phi) is 5.24. The van der Waals surface area contributed by atoms with E-state index in [-0.39, 0.29) is 11.1 Å². The zero-order valence-corrected chi connectivity index (χ0v) is 12.0. The highest BCUT2D eigenvalue weighted by Crippen LogP contribution is 2.37. The van der Waals surface area contributed by atoms with E-state index >= 15 is 0 Å². The minimum absolute atomic E-state index is 0.0962. The van der Waals surface area contributed by atoms with Crippen molar-refractivity contribution in [1.82, 2.24) is 0 Å². The Morgan fingerprint density at radius 1 is 1.40 bits per heavy atom. The molecule has 0 aromatic heterocycles. The molecule has 0 heterocycles. The van der Waals surface area contributed by atoms with Crippen LogP contribution in [-0.4, -0.2) is 25.6 Å². The van der Waals surface area contributed by atoms with Gasteiger partial charge in [0.2, 0.25) is 0 Å². The molecule has 1 N–H and O–H groups in total. The summed E-state index contributed by atoms with van der Waals surface area (Å²) in [5, 5.41) is 9.67. The van der Waals surface area contributed by atoms with Crippen molar-refractivity contribution in [3.05, 3.63) is 12.7 Å². The normalized spacial score (nSPS) is 17.3. The summed E-state index contributed by atoms with van der Waals surface area (Å²) in [7, 11) is -1.69. The summed E-state index contributed by atoms with van der Waals surface area (Å²) >= 11 is 0. The third-order valence-electron chi connectivity index (χ3n) is 3.15. The fourth-order valence-corrected chi connectivity index (χ4v) is 2.62. The number of rotatable bonds is 5. The van der Waals surface area contributed by atoms with Gasteiger partial charge in [-0.3, -0.25) is 0 Å². The third-order valence-corrected chi connectivity index (χ3v) is 7.75. The van der Waals surface area contributed by atoms with Gasteiger partial charge < -0.3 is 9.53 Å². The van der Waals surface area contributed by atoms with Crippen LogP contribution in [0, 0.1) is 0 Å². The molecule has 0 aromatic rings. The van der Waals surface area contributed by atoms with Gasteiger partial charge in [0.15, 0.2) is 8.32 Å². The molecule has 0 spiro atoms. The minimum atomic E-state index is -1.69. The molecule has 2 nitrogen and oxygen atoms in total. The van der Waals surface area contributed by atoms with Crippen LogP contribution in [0.1, 0.15) is 34.1 Å². The predicted octanol–water partition coefficient (Wildman–Crippen LogP) is 3.33. The van der Waals surface area contributed by atoms with Gasteiger partial charge in [0, 0.05) is 12.5 Å². The van der Waals surface area contributed by atoms with Crippen LogP contribution < -0.4 is 0 Å². The van der Waals surface area contributed by atoms with Gasteiger partial charge >= 0.3 is 0 Å². The monoisotopic (exact) mass is 230 g/mol. The second kappa shape index (κ2) is 5.28. The summed E-state index contributed by atoms with van der Waals surface area (Å²) < 4.78 is 6.11. The number of aliphatic hydroxyl groups excluding tert-OH is 1. The van der Waals surface area contributed by atoms with Crippen LogP contribution in [0.4, 0.5) is 0 Å². The molecule has 2 atom stereocenters. The molecule has 0 amide bonds. The smallest absolute Gasteiger partial charge is 0.192 e. The van der Waals surface area contributed by atoms with E-state index in [9.17, 15) is 5.11 Å². The van der Waals surface area contributed by atoms with Crippen molar-refractivity contribution >= 4 is 8.32 Å². The predicted molar refractivity (Wildman–Crippen MR) is 68.6 cm³/mol. The van der Waals surface area contributed by atoms with Crippen molar-refractivity contribution in [3.8, 4) is 0 Å². The van der Waals surface area contributed by atoms with E-state index in [2.05, 4.69) is 40.4 Å². The topological polar surface area (TPSA) is 29.5 Å². The van der Waals surface area contributed by atoms with Crippen molar-refractivity contribution in [2.75, 3.05) is 0 Å². The Morgan fingerprint density at radius 3 is 2.20 bits per heavy atom. The third kappa shape index (κ3) is 4.95. The molecule has 0 saturated heterocycles. The van der Waals surface area contributed by atoms with Gasteiger partial charge in [-0.05, 0) is 25.1 Å². The Hall–Kier alpha value is -0.123. The molecule has 0 rings (SSSR count). The van der Waals surface area contributed by atoms with Gasteiger partial charge in [-0.15, -0.1) is 6.58 Å². The zero-order chi connectivity index (χ0) is 12.3. The SMILES string of the molecule is C=CC(O)C[C@@H](C)O[Si](C)(C)C(C)(C)C. The van der Waals surface area contributed by atoms with Crippen molar-refractivity contribution in [3.63, 3.8) is 0 Å². The van der Waals surface area contributed by atoms with E-state index in [1.54, 1.807) is 6.08 Å². The highest BCUT2D eigenvalue weighted by Gasteiger charge is 2.38. The average Bonchev–Trinajstić information content (AvgIpc) is 2.00. The van der Waals surface area contributed by atoms with E-state index in [4.69, 9.17) is 4.43 Å². The zero-order valence-electron chi connectivity index (χ0n) is 11.0. The van der Waals surface area contributed by atoms with Gasteiger partial charge in [-0.25, -0.2) is 0 Å². The Bertz CT molecular complexity index is 206. The summed E-state index contributed by atoms with van der Waals surface area (Å²) in [5.41, 5.74) is 0. The molecular weight excluding hydrogens is 204 g/mol. The quantitative estimate of drug-likeness (QED) is 0.580. The first kappa shape index (κ1) is 14.9. The molecular formula is C12H26O2Si. The van der Waals surface area contributed by atoms with E-state index in [1.165, 1.54) is 0 Å². The molecule has 15 heavy (non-hydrogen) atoms. The van der Waals surface area contributed by atoms with Crippen molar-refractivity contribution in [1.29, 1.82) is 0 Å². The number of hydrogen-bond acceptors (Lipinski definition) is 2. The molecule has 0 bridgehead atoms. The van der Waals surface area contributed by atoms with Crippen molar-refractivity contribution in [2.24, 2.45) is 0 Å². The van der Waals surface area contributed by atoms with Crippen molar-refractivity contribution in [2.45, 2.75) is 64.5 Å². The molecule has 0 radical (unpaired) electrons. The second-order valence-corrected chi connectivity index (χ2v) is 10.5. The Morgan fingerprint density at radius 2 is 1.87 bits per heavy atom. The maximum absolute atomic E-state index is 9.45. The van der Waals surface area contributed by atoms with E-state index in [1.807, 2.05) is 6.92 Å². The second-order valence-electron chi connectivity index (χ2n) is 5.73. The summed E-state index contributed by atoms with van der Waals surface area (Å²) in [6.07, 6.45) is 1.84. The van der Waals surface area contributed by atoms with Crippen molar-refractivity contribution < 1.29 is 9.53 Å². The molecule has 0 saturated carbocycles. The largest absolute Gasteiger partial charge is 0.414 e. The van der Waals surface area contributed by atoms with E-state index in [0.717, 1.165) is 0 Å². The van der Waals surface area contributed by atoms with Gasteiger partial charge in [-0.2, -0.15) is 0 Å². The standard InChI is InChI=1S/C12H26O2Si/c1-8-11(13)9-10(2)14-15(6,7)12(3,4)5/h8,10-11,13H,1,9H2,2-7H3/t10-,11?/m1/s1. The molecule has 0 aliphatic heterocycles. The highest BCUT2D eigenvalue weighted by molar-refractivity contribution is 6.74. The van der Waals surface area contributed by atoms with Crippen LogP contribution in [-0.2, 0) is 4.43 Å². The molecule has 0 aliphatic carbocycles. The van der Waals surface area contributed by atoms with E-state index < -0.39 is 14.4 Å². The first-order chi connectivity index (χ1) is 6.60. The molecule has 0 aromatic carbocycles. The lowest BCUT2D eigenvalue weighted by Crippen LogP contribution is -2.43.